The van der Waals surface area contributed by atoms with Crippen molar-refractivity contribution in [2.45, 2.75) is 19.3 Å². The molecule has 1 aliphatic heterocycles. The lowest BCUT2D eigenvalue weighted by atomic mass is 9.96. The highest BCUT2D eigenvalue weighted by molar-refractivity contribution is 5.94. The smallest absolute Gasteiger partial charge is 0.237 e. The third-order valence-electron chi connectivity index (χ3n) is 5.03. The molecule has 2 aromatic rings. The van der Waals surface area contributed by atoms with E-state index in [2.05, 4.69) is 10.3 Å². The Morgan fingerprint density at radius 1 is 1.10 bits per heavy atom. The van der Waals surface area contributed by atoms with Crippen molar-refractivity contribution in [3.05, 3.63) is 48.7 Å². The molecule has 1 aliphatic rings. The van der Waals surface area contributed by atoms with Crippen molar-refractivity contribution in [1.29, 1.82) is 0 Å². The van der Waals surface area contributed by atoms with Gasteiger partial charge in [0.2, 0.25) is 17.7 Å². The van der Waals surface area contributed by atoms with Crippen molar-refractivity contribution < 1.29 is 23.8 Å². The average Bonchev–Trinajstić information content (AvgIpc) is 2.81. The highest BCUT2D eigenvalue weighted by Gasteiger charge is 2.28. The number of methoxy groups -OCH3 is 1. The molecule has 2 amide bonds. The van der Waals surface area contributed by atoms with Gasteiger partial charge in [-0.05, 0) is 37.1 Å². The van der Waals surface area contributed by atoms with Crippen LogP contribution in [-0.2, 0) is 14.3 Å². The number of nitrogens with one attached hydrogen (secondary N) is 1. The van der Waals surface area contributed by atoms with Gasteiger partial charge < -0.3 is 24.4 Å². The van der Waals surface area contributed by atoms with Crippen LogP contribution in [0.5, 0.6) is 11.6 Å². The highest BCUT2D eigenvalue weighted by atomic mass is 16.5. The van der Waals surface area contributed by atoms with Gasteiger partial charge in [0.1, 0.15) is 18.0 Å². The Morgan fingerprint density at radius 3 is 2.74 bits per heavy atom. The molecule has 1 N–H and O–H groups in total. The van der Waals surface area contributed by atoms with Crippen LogP contribution in [0.1, 0.15) is 19.3 Å². The molecule has 8 nitrogen and oxygen atoms in total. The minimum Gasteiger partial charge on any atom is -0.493 e. The molecule has 0 radical (unpaired) electrons. The highest BCUT2D eigenvalue weighted by Crippen LogP contribution is 2.24. The molecule has 166 valence electrons. The number of aromatic nitrogens is 1. The summed E-state index contributed by atoms with van der Waals surface area (Å²) < 4.78 is 16.2. The first-order valence-electron chi connectivity index (χ1n) is 10.5. The Hall–Kier alpha value is -3.13. The van der Waals surface area contributed by atoms with Gasteiger partial charge in [-0.2, -0.15) is 0 Å². The lowest BCUT2D eigenvalue weighted by molar-refractivity contribution is -0.135. The van der Waals surface area contributed by atoms with Gasteiger partial charge >= 0.3 is 0 Å². The van der Waals surface area contributed by atoms with Gasteiger partial charge in [-0.3, -0.25) is 9.59 Å². The summed E-state index contributed by atoms with van der Waals surface area (Å²) >= 11 is 0. The zero-order chi connectivity index (χ0) is 21.9. The van der Waals surface area contributed by atoms with Crippen molar-refractivity contribution in [3.8, 4) is 11.6 Å². The van der Waals surface area contributed by atoms with Crippen LogP contribution in [0, 0.1) is 5.92 Å². The van der Waals surface area contributed by atoms with E-state index in [1.807, 2.05) is 30.3 Å². The van der Waals surface area contributed by atoms with Crippen molar-refractivity contribution >= 4 is 17.5 Å². The fourth-order valence-corrected chi connectivity index (χ4v) is 3.41. The number of rotatable bonds is 10. The minimum atomic E-state index is -0.278. The molecular formula is C23H29N3O5. The maximum atomic E-state index is 12.8. The third-order valence-corrected chi connectivity index (χ3v) is 5.03. The summed E-state index contributed by atoms with van der Waals surface area (Å²) in [5.41, 5.74) is 0.517. The summed E-state index contributed by atoms with van der Waals surface area (Å²) in [6, 6.07) is 12.9. The third kappa shape index (κ3) is 6.96. The van der Waals surface area contributed by atoms with Crippen LogP contribution >= 0.6 is 0 Å². The zero-order valence-electron chi connectivity index (χ0n) is 17.8. The van der Waals surface area contributed by atoms with E-state index in [4.69, 9.17) is 14.2 Å². The maximum Gasteiger partial charge on any atom is 0.237 e. The van der Waals surface area contributed by atoms with Gasteiger partial charge in [-0.1, -0.05) is 18.2 Å². The van der Waals surface area contributed by atoms with Crippen LogP contribution in [0.25, 0.3) is 0 Å². The van der Waals surface area contributed by atoms with Crippen LogP contribution in [0.3, 0.4) is 0 Å². The molecule has 1 saturated heterocycles. The number of anilines is 1. The Balaban J connectivity index is 1.49. The van der Waals surface area contributed by atoms with E-state index < -0.39 is 0 Å². The van der Waals surface area contributed by atoms with Crippen molar-refractivity contribution in [3.63, 3.8) is 0 Å². The van der Waals surface area contributed by atoms with Crippen LogP contribution in [0.4, 0.5) is 5.69 Å². The van der Waals surface area contributed by atoms with Gasteiger partial charge in [0.25, 0.3) is 0 Å². The Morgan fingerprint density at radius 2 is 1.94 bits per heavy atom. The largest absolute Gasteiger partial charge is 0.493 e. The van der Waals surface area contributed by atoms with Gasteiger partial charge in [-0.25, -0.2) is 4.98 Å². The molecule has 8 heteroatoms. The Bertz CT molecular complexity index is 846. The molecule has 31 heavy (non-hydrogen) atoms. The van der Waals surface area contributed by atoms with E-state index in [9.17, 15) is 9.59 Å². The van der Waals surface area contributed by atoms with Gasteiger partial charge in [0.15, 0.2) is 0 Å². The van der Waals surface area contributed by atoms with E-state index >= 15 is 0 Å². The summed E-state index contributed by atoms with van der Waals surface area (Å²) in [7, 11) is 1.59. The number of ether oxygens (including phenoxy) is 3. The molecule has 0 spiro atoms. The molecule has 1 unspecified atom stereocenters. The second-order valence-corrected chi connectivity index (χ2v) is 7.28. The van der Waals surface area contributed by atoms with Gasteiger partial charge in [0, 0.05) is 26.4 Å². The van der Waals surface area contributed by atoms with Gasteiger partial charge in [0.05, 0.1) is 25.6 Å². The second kappa shape index (κ2) is 11.9. The van der Waals surface area contributed by atoms with Crippen molar-refractivity contribution in [2.75, 3.05) is 45.3 Å². The van der Waals surface area contributed by atoms with Gasteiger partial charge in [-0.15, -0.1) is 0 Å². The number of para-hydroxylation sites is 1. The van der Waals surface area contributed by atoms with Crippen LogP contribution in [-0.4, -0.2) is 61.7 Å². The first-order chi connectivity index (χ1) is 15.2. The number of likely N-dealkylation sites (tertiary alicyclic amines) is 1. The topological polar surface area (TPSA) is 90.0 Å². The molecule has 0 bridgehead atoms. The number of carbonyl (C=O) groups excluding carboxylic acids is 2. The molecule has 0 saturated carbocycles. The number of amides is 2. The molecule has 1 aromatic carbocycles. The summed E-state index contributed by atoms with van der Waals surface area (Å²) in [5.74, 6) is 0.682. The SMILES string of the molecule is COCCOc1ncccc1NC(=O)C1CCCN(C(=O)CCOc2ccccc2)C1. The number of piperidine rings is 1. The van der Waals surface area contributed by atoms with Crippen LogP contribution in [0.2, 0.25) is 0 Å². The molecule has 3 rings (SSSR count). The summed E-state index contributed by atoms with van der Waals surface area (Å²) in [5, 5.41) is 2.90. The average molecular weight is 428 g/mol. The van der Waals surface area contributed by atoms with Crippen molar-refractivity contribution in [1.82, 2.24) is 9.88 Å². The number of hydrogen-bond donors (Lipinski definition) is 1. The summed E-state index contributed by atoms with van der Waals surface area (Å²) in [6.45, 7) is 2.14. The fraction of sp³-hybridized carbons (Fsp3) is 0.435. The normalized spacial score (nSPS) is 15.9. The lowest BCUT2D eigenvalue weighted by Crippen LogP contribution is -2.44. The van der Waals surface area contributed by atoms with E-state index in [0.29, 0.717) is 44.5 Å². The summed E-state index contributed by atoms with van der Waals surface area (Å²) in [4.78, 5) is 31.4. The predicted molar refractivity (Wildman–Crippen MR) is 116 cm³/mol. The molecular weight excluding hydrogens is 398 g/mol. The van der Waals surface area contributed by atoms with E-state index in [-0.39, 0.29) is 24.2 Å². The van der Waals surface area contributed by atoms with Crippen LogP contribution < -0.4 is 14.8 Å². The number of nitrogens with zero attached hydrogens (tertiary/aromatic N) is 2. The summed E-state index contributed by atoms with van der Waals surface area (Å²) in [6.07, 6.45) is 3.41. The van der Waals surface area contributed by atoms with Crippen molar-refractivity contribution in [2.24, 2.45) is 5.92 Å². The number of carbonyl (C=O) groups is 2. The molecule has 2 heterocycles. The predicted octanol–water partition coefficient (Wildman–Crippen LogP) is 2.75. The molecule has 1 aromatic heterocycles. The number of pyridine rings is 1. The first-order valence-corrected chi connectivity index (χ1v) is 10.5. The number of hydrogen-bond acceptors (Lipinski definition) is 6. The fourth-order valence-electron chi connectivity index (χ4n) is 3.41. The quantitative estimate of drug-likeness (QED) is 0.587. The maximum absolute atomic E-state index is 12.8. The van der Waals surface area contributed by atoms with E-state index in [0.717, 1.165) is 18.6 Å². The molecule has 0 aliphatic carbocycles. The molecule has 1 fully saturated rings. The van der Waals surface area contributed by atoms with Crippen LogP contribution in [0.15, 0.2) is 48.7 Å². The van der Waals surface area contributed by atoms with E-state index in [1.54, 1.807) is 30.3 Å². The second-order valence-electron chi connectivity index (χ2n) is 7.28. The zero-order valence-corrected chi connectivity index (χ0v) is 17.8. The standard InChI is InChI=1S/C23H29N3O5/c1-29-15-16-31-23-20(10-5-12-24-23)25-22(28)18-7-6-13-26(17-18)21(27)11-14-30-19-8-3-2-4-9-19/h2-5,8-10,12,18H,6-7,11,13-17H2,1H3,(H,25,28). The first kappa shape index (κ1) is 22.6. The monoisotopic (exact) mass is 427 g/mol. The lowest BCUT2D eigenvalue weighted by Gasteiger charge is -2.32. The number of benzene rings is 1. The Kier molecular flexibility index (Phi) is 8.66. The Labute approximate surface area is 182 Å². The minimum absolute atomic E-state index is 0.00148. The molecule has 1 atom stereocenters. The van der Waals surface area contributed by atoms with E-state index in [1.165, 1.54) is 0 Å².